The number of anilines is 1. The van der Waals surface area contributed by atoms with Gasteiger partial charge in [-0.1, -0.05) is 80.6 Å². The predicted octanol–water partition coefficient (Wildman–Crippen LogP) is 4.81. The van der Waals surface area contributed by atoms with Crippen LogP contribution in [0.1, 0.15) is 70.4 Å². The SMILES string of the molecule is CN1C(=O)C(NC(=O)C(CC2CCCCC2)NC(=O)OC(C)(C)C)N=C(c2ccccc2)c2ccccc21. The lowest BCUT2D eigenvalue weighted by molar-refractivity contribution is -0.128. The fourth-order valence-electron chi connectivity index (χ4n) is 5.12. The van der Waals surface area contributed by atoms with E-state index in [1.807, 2.05) is 54.6 Å². The van der Waals surface area contributed by atoms with Crippen molar-refractivity contribution in [2.75, 3.05) is 11.9 Å². The number of aliphatic imine (C=N–C) groups is 1. The molecule has 0 saturated heterocycles. The largest absolute Gasteiger partial charge is 0.444 e. The third kappa shape index (κ3) is 6.79. The van der Waals surface area contributed by atoms with E-state index in [1.54, 1.807) is 27.8 Å². The van der Waals surface area contributed by atoms with Gasteiger partial charge in [0.15, 0.2) is 0 Å². The van der Waals surface area contributed by atoms with E-state index in [0.29, 0.717) is 23.7 Å². The van der Waals surface area contributed by atoms with Gasteiger partial charge in [0, 0.05) is 18.2 Å². The predicted molar refractivity (Wildman–Crippen MR) is 148 cm³/mol. The van der Waals surface area contributed by atoms with E-state index in [2.05, 4.69) is 10.6 Å². The van der Waals surface area contributed by atoms with Gasteiger partial charge in [0.1, 0.15) is 11.6 Å². The van der Waals surface area contributed by atoms with Crippen molar-refractivity contribution in [2.45, 2.75) is 77.1 Å². The summed E-state index contributed by atoms with van der Waals surface area (Å²) in [6, 6.07) is 16.3. The molecular formula is C30H38N4O4. The molecule has 8 heteroatoms. The second-order valence-corrected chi connectivity index (χ2v) is 11.1. The van der Waals surface area contributed by atoms with Crippen molar-refractivity contribution in [3.05, 3.63) is 65.7 Å². The standard InChI is InChI=1S/C30H38N4O4/c1-30(2,3)38-29(37)31-23(19-20-13-7-5-8-14-20)27(35)33-26-28(36)34(4)24-18-12-11-17-22(24)25(32-26)21-15-9-6-10-16-21/h6,9-12,15-18,20,23,26H,5,7-8,13-14,19H2,1-4H3,(H,31,37)(H,33,35). The summed E-state index contributed by atoms with van der Waals surface area (Å²) >= 11 is 0. The molecule has 0 spiro atoms. The molecule has 2 atom stereocenters. The van der Waals surface area contributed by atoms with Crippen LogP contribution in [-0.4, -0.2) is 48.5 Å². The minimum atomic E-state index is -1.15. The first-order chi connectivity index (χ1) is 18.1. The average molecular weight is 519 g/mol. The second-order valence-electron chi connectivity index (χ2n) is 11.1. The monoisotopic (exact) mass is 518 g/mol. The lowest BCUT2D eigenvalue weighted by Crippen LogP contribution is -2.54. The van der Waals surface area contributed by atoms with E-state index in [0.717, 1.165) is 36.8 Å². The zero-order valence-electron chi connectivity index (χ0n) is 22.7. The van der Waals surface area contributed by atoms with E-state index in [-0.39, 0.29) is 5.91 Å². The number of nitrogens with one attached hydrogen (secondary N) is 2. The smallest absolute Gasteiger partial charge is 0.408 e. The van der Waals surface area contributed by atoms with Crippen molar-refractivity contribution in [1.29, 1.82) is 0 Å². The number of benzene rings is 2. The Morgan fingerprint density at radius 3 is 2.37 bits per heavy atom. The van der Waals surface area contributed by atoms with E-state index in [4.69, 9.17) is 9.73 Å². The van der Waals surface area contributed by atoms with Crippen molar-refractivity contribution >= 4 is 29.3 Å². The van der Waals surface area contributed by atoms with Crippen LogP contribution in [0, 0.1) is 5.92 Å². The van der Waals surface area contributed by atoms with Crippen LogP contribution in [-0.2, 0) is 14.3 Å². The maximum absolute atomic E-state index is 13.6. The normalized spacial score (nSPS) is 19.1. The Balaban J connectivity index is 1.63. The molecule has 2 aliphatic rings. The number of alkyl carbamates (subject to hydrolysis) is 1. The Morgan fingerprint density at radius 1 is 1.03 bits per heavy atom. The van der Waals surface area contributed by atoms with E-state index in [1.165, 1.54) is 11.3 Å². The van der Waals surface area contributed by atoms with Crippen LogP contribution in [0.4, 0.5) is 10.5 Å². The highest BCUT2D eigenvalue weighted by Gasteiger charge is 2.34. The first-order valence-corrected chi connectivity index (χ1v) is 13.4. The molecular weight excluding hydrogens is 480 g/mol. The van der Waals surface area contributed by atoms with Gasteiger partial charge in [-0.25, -0.2) is 9.79 Å². The fourth-order valence-corrected chi connectivity index (χ4v) is 5.12. The summed E-state index contributed by atoms with van der Waals surface area (Å²) in [6.45, 7) is 5.33. The third-order valence-electron chi connectivity index (χ3n) is 6.97. The van der Waals surface area contributed by atoms with Crippen LogP contribution in [0.5, 0.6) is 0 Å². The zero-order valence-corrected chi connectivity index (χ0v) is 22.7. The molecule has 1 aliphatic heterocycles. The van der Waals surface area contributed by atoms with E-state index in [9.17, 15) is 14.4 Å². The molecule has 0 bridgehead atoms. The number of nitrogens with zero attached hydrogens (tertiary/aromatic N) is 2. The molecule has 1 heterocycles. The lowest BCUT2D eigenvalue weighted by Gasteiger charge is -2.29. The number of hydrogen-bond donors (Lipinski definition) is 2. The summed E-state index contributed by atoms with van der Waals surface area (Å²) in [5.41, 5.74) is 2.27. The molecule has 2 aromatic rings. The number of ether oxygens (including phenoxy) is 1. The van der Waals surface area contributed by atoms with E-state index < -0.39 is 29.8 Å². The van der Waals surface area contributed by atoms with Crippen molar-refractivity contribution in [2.24, 2.45) is 10.9 Å². The Hall–Kier alpha value is -3.68. The summed E-state index contributed by atoms with van der Waals surface area (Å²) in [5, 5.41) is 5.61. The highest BCUT2D eigenvalue weighted by molar-refractivity contribution is 6.20. The molecule has 1 aliphatic carbocycles. The number of fused-ring (bicyclic) bond motifs is 1. The lowest BCUT2D eigenvalue weighted by atomic mass is 9.84. The summed E-state index contributed by atoms with van der Waals surface area (Å²) in [7, 11) is 1.68. The molecule has 0 radical (unpaired) electrons. The molecule has 8 nitrogen and oxygen atoms in total. The van der Waals surface area contributed by atoms with Gasteiger partial charge < -0.3 is 20.3 Å². The quantitative estimate of drug-likeness (QED) is 0.573. The number of para-hydroxylation sites is 1. The Bertz CT molecular complexity index is 1180. The number of hydrogen-bond acceptors (Lipinski definition) is 5. The zero-order chi connectivity index (χ0) is 27.3. The van der Waals surface area contributed by atoms with Crippen LogP contribution < -0.4 is 15.5 Å². The first-order valence-electron chi connectivity index (χ1n) is 13.4. The van der Waals surface area contributed by atoms with Gasteiger partial charge in [0.2, 0.25) is 12.1 Å². The summed E-state index contributed by atoms with van der Waals surface area (Å²) in [6.07, 6.45) is 4.11. The van der Waals surface area contributed by atoms with Gasteiger partial charge in [-0.2, -0.15) is 0 Å². The molecule has 3 amide bonds. The van der Waals surface area contributed by atoms with Crippen molar-refractivity contribution in [3.8, 4) is 0 Å². The molecule has 1 saturated carbocycles. The average Bonchev–Trinajstić information content (AvgIpc) is 2.99. The van der Waals surface area contributed by atoms with Gasteiger partial charge in [0.25, 0.3) is 5.91 Å². The molecule has 1 fully saturated rings. The Labute approximate surface area is 224 Å². The molecule has 38 heavy (non-hydrogen) atoms. The van der Waals surface area contributed by atoms with Gasteiger partial charge in [-0.05, 0) is 39.2 Å². The third-order valence-corrected chi connectivity index (χ3v) is 6.97. The summed E-state index contributed by atoms with van der Waals surface area (Å²) in [5.74, 6) is -0.490. The molecule has 2 aromatic carbocycles. The summed E-state index contributed by atoms with van der Waals surface area (Å²) < 4.78 is 5.44. The van der Waals surface area contributed by atoms with Crippen molar-refractivity contribution < 1.29 is 19.1 Å². The van der Waals surface area contributed by atoms with Gasteiger partial charge in [-0.15, -0.1) is 0 Å². The highest BCUT2D eigenvalue weighted by atomic mass is 16.6. The number of carbonyl (C=O) groups excluding carboxylic acids is 3. The number of benzodiazepines with no additional fused rings is 1. The van der Waals surface area contributed by atoms with Gasteiger partial charge in [0.05, 0.1) is 11.4 Å². The topological polar surface area (TPSA) is 100 Å². The molecule has 4 rings (SSSR count). The number of amides is 3. The minimum absolute atomic E-state index is 0.314. The first kappa shape index (κ1) is 27.4. The minimum Gasteiger partial charge on any atom is -0.444 e. The maximum Gasteiger partial charge on any atom is 0.408 e. The van der Waals surface area contributed by atoms with E-state index >= 15 is 0 Å². The Morgan fingerprint density at radius 2 is 1.68 bits per heavy atom. The number of rotatable bonds is 6. The number of likely N-dealkylation sites (N-methyl/N-ethyl adjacent to an activating group) is 1. The van der Waals surface area contributed by atoms with Crippen molar-refractivity contribution in [3.63, 3.8) is 0 Å². The van der Waals surface area contributed by atoms with Crippen LogP contribution >= 0.6 is 0 Å². The maximum atomic E-state index is 13.6. The van der Waals surface area contributed by atoms with Crippen LogP contribution in [0.3, 0.4) is 0 Å². The van der Waals surface area contributed by atoms with Crippen LogP contribution in [0.15, 0.2) is 59.6 Å². The molecule has 0 aromatic heterocycles. The highest BCUT2D eigenvalue weighted by Crippen LogP contribution is 2.29. The van der Waals surface area contributed by atoms with Gasteiger partial charge in [-0.3, -0.25) is 9.59 Å². The molecule has 2 unspecified atom stereocenters. The van der Waals surface area contributed by atoms with Gasteiger partial charge >= 0.3 is 6.09 Å². The molecule has 202 valence electrons. The summed E-state index contributed by atoms with van der Waals surface area (Å²) in [4.78, 5) is 46.1. The van der Waals surface area contributed by atoms with Crippen LogP contribution in [0.2, 0.25) is 0 Å². The number of carbonyl (C=O) groups is 3. The van der Waals surface area contributed by atoms with Crippen LogP contribution in [0.25, 0.3) is 0 Å². The molecule has 2 N–H and O–H groups in total. The Kier molecular flexibility index (Phi) is 8.49. The second kappa shape index (κ2) is 11.8. The fraction of sp³-hybridized carbons (Fsp3) is 0.467. The van der Waals surface area contributed by atoms with Crippen molar-refractivity contribution in [1.82, 2.24) is 10.6 Å².